The zero-order chi connectivity index (χ0) is 45.3. The number of aromatic amines is 1. The van der Waals surface area contributed by atoms with Gasteiger partial charge in [-0.2, -0.15) is 0 Å². The molecule has 10 N–H and O–H groups in total. The van der Waals surface area contributed by atoms with Gasteiger partial charge >= 0.3 is 11.9 Å². The van der Waals surface area contributed by atoms with Crippen LogP contribution >= 0.6 is 0 Å². The predicted octanol–water partition coefficient (Wildman–Crippen LogP) is -0.601. The van der Waals surface area contributed by atoms with Crippen LogP contribution in [0.3, 0.4) is 0 Å². The number of aryl methyl sites for hydroxylation is 1. The number of aliphatic hydroxyl groups excluding tert-OH is 8. The number of fused-ring (bicyclic) bond motifs is 3. The zero-order valence-corrected chi connectivity index (χ0v) is 34.0. The van der Waals surface area contributed by atoms with Crippen molar-refractivity contribution >= 4 is 33.7 Å². The van der Waals surface area contributed by atoms with E-state index in [0.717, 1.165) is 28.1 Å². The van der Waals surface area contributed by atoms with E-state index in [1.165, 1.54) is 25.5 Å². The van der Waals surface area contributed by atoms with E-state index in [4.69, 9.17) is 38.1 Å². The van der Waals surface area contributed by atoms with Crippen molar-refractivity contribution in [2.75, 3.05) is 20.3 Å². The standard InChI is InChI=1S/C43H52N2O18/c1-4-19-21(24(38(54)55)16-58-40(19)62-42-36(52)34(50)32(48)28(14-46)60-42)11-10-18-13-44-27(31-30(18)22-8-6-7-9-26(22)45-31)12-23-20(5-2)41(59-17-25(23)39(56)57-3)63-43-37(53)35(51)33(49)29(15-47)61-43/h4-9,13,16-17,19-21,23,28-29,32-37,40-43,45-53H,1-2,10-12,14-15H2,3H3,(H,54,55)/t19-,20-,21+,23+,28+,29+,32+,33+,34-,35-,36+,37+,40+,41+,42-,43-/m1/s1. The van der Waals surface area contributed by atoms with E-state index in [-0.39, 0.29) is 30.4 Å². The van der Waals surface area contributed by atoms with Crippen molar-refractivity contribution in [3.8, 4) is 0 Å². The number of aliphatic carboxylic acids is 1. The summed E-state index contributed by atoms with van der Waals surface area (Å²) < 4.78 is 39.6. The molecule has 20 nitrogen and oxygen atoms in total. The van der Waals surface area contributed by atoms with Gasteiger partial charge in [0.05, 0.1) is 55.2 Å². The number of H-pyrrole nitrogens is 1. The lowest BCUT2D eigenvalue weighted by Gasteiger charge is -2.43. The fraction of sp³-hybridized carbons (Fsp3) is 0.512. The summed E-state index contributed by atoms with van der Waals surface area (Å²) in [4.78, 5) is 34.1. The minimum atomic E-state index is -1.73. The number of carbonyl (C=O) groups is 2. The second-order valence-electron chi connectivity index (χ2n) is 15.9. The fourth-order valence-corrected chi connectivity index (χ4v) is 8.81. The number of ether oxygens (including phenoxy) is 7. The van der Waals surface area contributed by atoms with Crippen LogP contribution in [0.4, 0.5) is 0 Å². The molecule has 0 unspecified atom stereocenters. The Morgan fingerprint density at radius 2 is 1.33 bits per heavy atom. The number of carbonyl (C=O) groups excluding carboxylic acids is 1. The molecule has 4 aliphatic heterocycles. The van der Waals surface area contributed by atoms with Gasteiger partial charge < -0.3 is 84.1 Å². The van der Waals surface area contributed by atoms with Crippen LogP contribution in [-0.4, -0.2) is 162 Å². The van der Waals surface area contributed by atoms with E-state index in [0.29, 0.717) is 11.2 Å². The number of aromatic nitrogens is 2. The highest BCUT2D eigenvalue weighted by Gasteiger charge is 2.49. The maximum Gasteiger partial charge on any atom is 0.337 e. The van der Waals surface area contributed by atoms with Crippen molar-refractivity contribution in [2.45, 2.75) is 93.3 Å². The summed E-state index contributed by atoms with van der Waals surface area (Å²) in [6, 6.07) is 7.52. The summed E-state index contributed by atoms with van der Waals surface area (Å²) >= 11 is 0. The van der Waals surface area contributed by atoms with Crippen LogP contribution in [0, 0.1) is 23.7 Å². The lowest BCUT2D eigenvalue weighted by molar-refractivity contribution is -0.339. The fourth-order valence-electron chi connectivity index (χ4n) is 8.81. The molecule has 0 aliphatic carbocycles. The topological polar surface area (TPSA) is 310 Å². The molecule has 342 valence electrons. The molecule has 0 bridgehead atoms. The first kappa shape index (κ1) is 46.2. The van der Waals surface area contributed by atoms with Crippen LogP contribution in [0.5, 0.6) is 0 Å². The molecule has 6 heterocycles. The largest absolute Gasteiger partial charge is 0.478 e. The maximum absolute atomic E-state index is 13.2. The number of pyridine rings is 1. The Hall–Kier alpha value is -4.81. The summed E-state index contributed by atoms with van der Waals surface area (Å²) in [5.41, 5.74) is 2.66. The van der Waals surface area contributed by atoms with Gasteiger partial charge in [-0.1, -0.05) is 30.4 Å². The van der Waals surface area contributed by atoms with Crippen LogP contribution in [0.15, 0.2) is 79.4 Å². The second kappa shape index (κ2) is 19.5. The van der Waals surface area contributed by atoms with Gasteiger partial charge in [0.2, 0.25) is 12.6 Å². The Bertz CT molecular complexity index is 2210. The minimum Gasteiger partial charge on any atom is -0.478 e. The SMILES string of the molecule is C=C[C@H]1[C@H](O[C@H]2O[C@@H](CO)[C@H](O)[C@@H](O)[C@@H]2O)OC=C(C(=O)O)[C@H]1CCc1cnc(C[C@@H]2C(C(=O)OC)=CO[C@@H](O[C@H]3O[C@@H](CO)[C@H](O)[C@@H](O)[C@@H]3O)[C@@H]2C=C)c2[nH]c3ccccc3c12. The first-order valence-corrected chi connectivity index (χ1v) is 20.3. The Morgan fingerprint density at radius 1 is 0.778 bits per heavy atom. The van der Waals surface area contributed by atoms with Gasteiger partial charge in [-0.3, -0.25) is 4.98 Å². The third-order valence-electron chi connectivity index (χ3n) is 12.3. The highest BCUT2D eigenvalue weighted by molar-refractivity contribution is 6.09. The Kier molecular flexibility index (Phi) is 14.3. The molecule has 0 spiro atoms. The van der Waals surface area contributed by atoms with Crippen molar-refractivity contribution in [3.05, 3.63) is 90.7 Å². The number of methoxy groups -OCH3 is 1. The maximum atomic E-state index is 13.2. The minimum absolute atomic E-state index is 0.0779. The number of benzene rings is 1. The smallest absolute Gasteiger partial charge is 0.337 e. The second-order valence-corrected chi connectivity index (χ2v) is 15.9. The van der Waals surface area contributed by atoms with E-state index < -0.39 is 123 Å². The molecule has 2 aromatic heterocycles. The normalized spacial score (nSPS) is 35.8. The lowest BCUT2D eigenvalue weighted by Crippen LogP contribution is -2.60. The van der Waals surface area contributed by atoms with Crippen LogP contribution in [0.1, 0.15) is 17.7 Å². The van der Waals surface area contributed by atoms with Gasteiger partial charge in [0.25, 0.3) is 0 Å². The molecular weight excluding hydrogens is 832 g/mol. The first-order chi connectivity index (χ1) is 30.3. The first-order valence-electron chi connectivity index (χ1n) is 20.3. The van der Waals surface area contributed by atoms with Crippen LogP contribution in [-0.2, 0) is 55.6 Å². The predicted molar refractivity (Wildman–Crippen MR) is 215 cm³/mol. The van der Waals surface area contributed by atoms with Gasteiger partial charge in [-0.15, -0.1) is 13.2 Å². The monoisotopic (exact) mass is 884 g/mol. The number of esters is 1. The van der Waals surface area contributed by atoms with Gasteiger partial charge in [0.1, 0.15) is 48.8 Å². The third-order valence-corrected chi connectivity index (χ3v) is 12.3. The Morgan fingerprint density at radius 3 is 1.87 bits per heavy atom. The molecule has 1 aromatic carbocycles. The van der Waals surface area contributed by atoms with E-state index in [1.54, 1.807) is 6.20 Å². The van der Waals surface area contributed by atoms with Crippen molar-refractivity contribution in [1.82, 2.24) is 9.97 Å². The van der Waals surface area contributed by atoms with E-state index in [2.05, 4.69) is 18.1 Å². The molecule has 20 heteroatoms. The molecule has 0 amide bonds. The van der Waals surface area contributed by atoms with Crippen molar-refractivity contribution in [2.24, 2.45) is 23.7 Å². The highest BCUT2D eigenvalue weighted by atomic mass is 16.8. The van der Waals surface area contributed by atoms with Crippen LogP contribution < -0.4 is 0 Å². The lowest BCUT2D eigenvalue weighted by atomic mass is 9.79. The number of rotatable bonds is 15. The molecule has 2 saturated heterocycles. The van der Waals surface area contributed by atoms with Crippen molar-refractivity contribution in [3.63, 3.8) is 0 Å². The number of nitrogens with one attached hydrogen (secondary N) is 1. The Balaban J connectivity index is 1.18. The number of hydrogen-bond acceptors (Lipinski definition) is 18. The Labute approximate surface area is 359 Å². The summed E-state index contributed by atoms with van der Waals surface area (Å²) in [6.45, 7) is 6.50. The number of carboxylic acids is 1. The van der Waals surface area contributed by atoms with E-state index in [1.807, 2.05) is 24.3 Å². The van der Waals surface area contributed by atoms with E-state index in [9.17, 15) is 55.5 Å². The van der Waals surface area contributed by atoms with Crippen LogP contribution in [0.25, 0.3) is 21.8 Å². The molecule has 0 radical (unpaired) electrons. The quantitative estimate of drug-likeness (QED) is 0.0673. The number of nitrogens with zero attached hydrogens (tertiary/aromatic N) is 1. The molecule has 16 atom stereocenters. The molecule has 3 aromatic rings. The summed E-state index contributed by atoms with van der Waals surface area (Å²) in [7, 11) is 1.21. The average molecular weight is 885 g/mol. The van der Waals surface area contributed by atoms with Crippen molar-refractivity contribution < 1.29 is 88.7 Å². The van der Waals surface area contributed by atoms with Crippen LogP contribution in [0.2, 0.25) is 0 Å². The van der Waals surface area contributed by atoms with Crippen molar-refractivity contribution in [1.29, 1.82) is 0 Å². The summed E-state index contributed by atoms with van der Waals surface area (Å²) in [5.74, 6) is -5.13. The van der Waals surface area contributed by atoms with Gasteiger partial charge in [0.15, 0.2) is 12.6 Å². The molecular formula is C43H52N2O18. The number of aliphatic hydroxyl groups is 8. The molecule has 63 heavy (non-hydrogen) atoms. The number of hydrogen-bond donors (Lipinski definition) is 10. The molecule has 2 fully saturated rings. The van der Waals surface area contributed by atoms with E-state index >= 15 is 0 Å². The van der Waals surface area contributed by atoms with Gasteiger partial charge in [0, 0.05) is 46.2 Å². The summed E-state index contributed by atoms with van der Waals surface area (Å²) in [5, 5.41) is 93.8. The summed E-state index contributed by atoms with van der Waals surface area (Å²) in [6.07, 6.45) is -10.8. The molecule has 4 aliphatic rings. The van der Waals surface area contributed by atoms with Gasteiger partial charge in [-0.25, -0.2) is 9.59 Å². The number of para-hydroxylation sites is 1. The highest BCUT2D eigenvalue weighted by Crippen LogP contribution is 2.41. The van der Waals surface area contributed by atoms with Gasteiger partial charge in [-0.05, 0) is 30.9 Å². The number of carboxylic acid groups (broad SMARTS) is 1. The molecule has 7 rings (SSSR count). The zero-order valence-electron chi connectivity index (χ0n) is 34.0. The third kappa shape index (κ3) is 8.86. The average Bonchev–Trinajstić information content (AvgIpc) is 3.69. The molecule has 0 saturated carbocycles.